The minimum atomic E-state index is 0.0967. The molecule has 4 heteroatoms. The normalized spacial score (nSPS) is 22.5. The van der Waals surface area contributed by atoms with Crippen molar-refractivity contribution in [3.8, 4) is 0 Å². The van der Waals surface area contributed by atoms with Crippen molar-refractivity contribution in [2.75, 3.05) is 32.7 Å². The van der Waals surface area contributed by atoms with Crippen LogP contribution in [-0.4, -0.2) is 43.7 Å². The van der Waals surface area contributed by atoms with Crippen LogP contribution in [0.4, 0.5) is 4.79 Å². The van der Waals surface area contributed by atoms with Crippen LogP contribution in [0.3, 0.4) is 0 Å². The van der Waals surface area contributed by atoms with E-state index < -0.39 is 0 Å². The van der Waals surface area contributed by atoms with Crippen LogP contribution in [0.5, 0.6) is 0 Å². The summed E-state index contributed by atoms with van der Waals surface area (Å²) >= 11 is 0. The van der Waals surface area contributed by atoms with Gasteiger partial charge in [-0.3, -0.25) is 0 Å². The maximum Gasteiger partial charge on any atom is 0.317 e. The van der Waals surface area contributed by atoms with E-state index in [4.69, 9.17) is 0 Å². The predicted molar refractivity (Wildman–Crippen MR) is 64.4 cm³/mol. The van der Waals surface area contributed by atoms with E-state index in [2.05, 4.69) is 10.6 Å². The van der Waals surface area contributed by atoms with Crippen molar-refractivity contribution < 1.29 is 4.79 Å². The summed E-state index contributed by atoms with van der Waals surface area (Å²) in [5, 5.41) is 6.30. The second kappa shape index (κ2) is 6.09. The highest BCUT2D eigenvalue weighted by Crippen LogP contribution is 2.22. The molecule has 1 aliphatic heterocycles. The zero-order valence-electron chi connectivity index (χ0n) is 10.0. The van der Waals surface area contributed by atoms with Crippen molar-refractivity contribution in [2.45, 2.75) is 32.1 Å². The number of carbonyl (C=O) groups excluding carboxylic acids is 1. The van der Waals surface area contributed by atoms with Crippen molar-refractivity contribution in [3.63, 3.8) is 0 Å². The van der Waals surface area contributed by atoms with Crippen molar-refractivity contribution in [2.24, 2.45) is 5.92 Å². The third kappa shape index (κ3) is 3.37. The summed E-state index contributed by atoms with van der Waals surface area (Å²) in [7, 11) is 0. The van der Waals surface area contributed by atoms with E-state index in [-0.39, 0.29) is 6.03 Å². The molecule has 0 atom stereocenters. The molecule has 2 aliphatic rings. The Kier molecular flexibility index (Phi) is 4.45. The largest absolute Gasteiger partial charge is 0.336 e. The summed E-state index contributed by atoms with van der Waals surface area (Å²) in [4.78, 5) is 13.1. The molecule has 16 heavy (non-hydrogen) atoms. The van der Waals surface area contributed by atoms with Gasteiger partial charge >= 0.3 is 6.03 Å². The van der Waals surface area contributed by atoms with Gasteiger partial charge in [-0.05, 0) is 25.3 Å². The minimum absolute atomic E-state index is 0.0967. The van der Waals surface area contributed by atoms with Crippen molar-refractivity contribution in [1.82, 2.24) is 15.5 Å². The van der Waals surface area contributed by atoms with Crippen molar-refractivity contribution in [1.29, 1.82) is 0 Å². The van der Waals surface area contributed by atoms with Gasteiger partial charge in [-0.1, -0.05) is 19.3 Å². The van der Waals surface area contributed by atoms with Crippen LogP contribution in [0.1, 0.15) is 32.1 Å². The maximum absolute atomic E-state index is 11.3. The highest BCUT2D eigenvalue weighted by atomic mass is 16.2. The molecule has 0 aromatic heterocycles. The summed E-state index contributed by atoms with van der Waals surface area (Å²) in [5.41, 5.74) is 0. The lowest BCUT2D eigenvalue weighted by molar-refractivity contribution is 0.217. The lowest BCUT2D eigenvalue weighted by atomic mass is 9.89. The van der Waals surface area contributed by atoms with Gasteiger partial charge in [0, 0.05) is 26.2 Å². The Bertz CT molecular complexity index is 226. The molecule has 0 radical (unpaired) electrons. The first-order valence-electron chi connectivity index (χ1n) is 6.60. The van der Waals surface area contributed by atoms with Gasteiger partial charge in [0.2, 0.25) is 0 Å². The highest BCUT2D eigenvalue weighted by Gasteiger charge is 2.18. The van der Waals surface area contributed by atoms with E-state index in [1.54, 1.807) is 0 Å². The highest BCUT2D eigenvalue weighted by molar-refractivity contribution is 5.76. The predicted octanol–water partition coefficient (Wildman–Crippen LogP) is 1.18. The molecule has 0 aromatic rings. The number of hydrogen-bond donors (Lipinski definition) is 2. The lowest BCUT2D eigenvalue weighted by Gasteiger charge is -2.22. The number of urea groups is 1. The molecule has 0 unspecified atom stereocenters. The summed E-state index contributed by atoms with van der Waals surface area (Å²) in [6, 6.07) is 0.0967. The Morgan fingerprint density at radius 3 is 2.81 bits per heavy atom. The molecule has 92 valence electrons. The van der Waals surface area contributed by atoms with Crippen LogP contribution in [0.25, 0.3) is 0 Å². The first-order chi connectivity index (χ1) is 7.86. The Balaban J connectivity index is 1.52. The smallest absolute Gasteiger partial charge is 0.317 e. The van der Waals surface area contributed by atoms with Gasteiger partial charge in [-0.15, -0.1) is 0 Å². The topological polar surface area (TPSA) is 44.4 Å². The number of rotatable bonds is 5. The lowest BCUT2D eigenvalue weighted by Crippen LogP contribution is -2.36. The van der Waals surface area contributed by atoms with Crippen LogP contribution < -0.4 is 10.6 Å². The fourth-order valence-electron chi connectivity index (χ4n) is 2.64. The molecule has 2 amide bonds. The fourth-order valence-corrected chi connectivity index (χ4v) is 2.64. The Morgan fingerprint density at radius 1 is 1.31 bits per heavy atom. The molecule has 2 rings (SSSR count). The van der Waals surface area contributed by atoms with E-state index in [1.165, 1.54) is 32.1 Å². The van der Waals surface area contributed by atoms with Gasteiger partial charge in [-0.2, -0.15) is 0 Å². The van der Waals surface area contributed by atoms with Gasteiger partial charge in [0.15, 0.2) is 0 Å². The van der Waals surface area contributed by atoms with Crippen LogP contribution in [0.15, 0.2) is 0 Å². The van der Waals surface area contributed by atoms with E-state index >= 15 is 0 Å². The molecule has 0 spiro atoms. The van der Waals surface area contributed by atoms with Gasteiger partial charge in [0.25, 0.3) is 0 Å². The molecule has 0 aromatic carbocycles. The number of nitrogens with zero attached hydrogens (tertiary/aromatic N) is 1. The second-order valence-corrected chi connectivity index (χ2v) is 4.93. The van der Waals surface area contributed by atoms with E-state index in [0.29, 0.717) is 0 Å². The second-order valence-electron chi connectivity index (χ2n) is 4.93. The van der Waals surface area contributed by atoms with Crippen molar-refractivity contribution in [3.05, 3.63) is 0 Å². The summed E-state index contributed by atoms with van der Waals surface area (Å²) < 4.78 is 0. The third-order valence-corrected chi connectivity index (χ3v) is 3.66. The fraction of sp³-hybridized carbons (Fsp3) is 0.917. The van der Waals surface area contributed by atoms with E-state index in [1.807, 2.05) is 4.90 Å². The van der Waals surface area contributed by atoms with Gasteiger partial charge in [0.05, 0.1) is 0 Å². The molecule has 1 aliphatic carbocycles. The van der Waals surface area contributed by atoms with Crippen LogP contribution in [-0.2, 0) is 0 Å². The quantitative estimate of drug-likeness (QED) is 0.690. The number of nitrogens with one attached hydrogen (secondary N) is 2. The molecule has 2 fully saturated rings. The first kappa shape index (κ1) is 11.7. The Labute approximate surface area is 97.8 Å². The molecular formula is C12H23N3O. The Hall–Kier alpha value is -0.770. The molecule has 2 N–H and O–H groups in total. The minimum Gasteiger partial charge on any atom is -0.336 e. The first-order valence-corrected chi connectivity index (χ1v) is 6.60. The third-order valence-electron chi connectivity index (χ3n) is 3.66. The standard InChI is InChI=1S/C12H23N3O/c16-12-14-7-9-15(12)8-6-13-10-11-4-2-1-3-5-11/h11,13H,1-10H2,(H,14,16). The van der Waals surface area contributed by atoms with Crippen molar-refractivity contribution >= 4 is 6.03 Å². The average molecular weight is 225 g/mol. The van der Waals surface area contributed by atoms with Crippen LogP contribution in [0.2, 0.25) is 0 Å². The summed E-state index contributed by atoms with van der Waals surface area (Å²) in [6.07, 6.45) is 7.00. The molecular weight excluding hydrogens is 202 g/mol. The molecule has 1 saturated carbocycles. The summed E-state index contributed by atoms with van der Waals surface area (Å²) in [5.74, 6) is 0.876. The number of hydrogen-bond acceptors (Lipinski definition) is 2. The monoisotopic (exact) mass is 225 g/mol. The van der Waals surface area contributed by atoms with Gasteiger partial charge in [-0.25, -0.2) is 4.79 Å². The van der Waals surface area contributed by atoms with Gasteiger partial charge in [0.1, 0.15) is 0 Å². The molecule has 4 nitrogen and oxygen atoms in total. The van der Waals surface area contributed by atoms with E-state index in [0.717, 1.165) is 38.6 Å². The molecule has 0 bridgehead atoms. The summed E-state index contributed by atoms with van der Waals surface area (Å²) in [6.45, 7) is 4.59. The Morgan fingerprint density at radius 2 is 2.12 bits per heavy atom. The maximum atomic E-state index is 11.3. The zero-order valence-corrected chi connectivity index (χ0v) is 10.0. The van der Waals surface area contributed by atoms with Crippen LogP contribution in [0, 0.1) is 5.92 Å². The SMILES string of the molecule is O=C1NCCN1CCNCC1CCCCC1. The number of amides is 2. The zero-order chi connectivity index (χ0) is 11.2. The molecule has 1 heterocycles. The number of carbonyl (C=O) groups is 1. The van der Waals surface area contributed by atoms with Gasteiger partial charge < -0.3 is 15.5 Å². The molecule has 1 saturated heterocycles. The van der Waals surface area contributed by atoms with Crippen LogP contribution >= 0.6 is 0 Å². The average Bonchev–Trinajstić information content (AvgIpc) is 2.72. The van der Waals surface area contributed by atoms with E-state index in [9.17, 15) is 4.79 Å².